The van der Waals surface area contributed by atoms with Gasteiger partial charge in [0.15, 0.2) is 0 Å². The minimum atomic E-state index is -4.00. The Balaban J connectivity index is 1.46. The Kier molecular flexibility index (Phi) is 6.67. The second kappa shape index (κ2) is 10.0. The smallest absolute Gasteiger partial charge is 0.245 e. The molecule has 0 unspecified atom stereocenters. The third kappa shape index (κ3) is 4.80. The van der Waals surface area contributed by atoms with Crippen molar-refractivity contribution in [2.24, 2.45) is 5.16 Å². The highest BCUT2D eigenvalue weighted by Gasteiger charge is 2.33. The van der Waals surface area contributed by atoms with Gasteiger partial charge in [0, 0.05) is 30.1 Å². The molecule has 2 heterocycles. The van der Waals surface area contributed by atoms with E-state index in [-0.39, 0.29) is 23.8 Å². The van der Waals surface area contributed by atoms with Gasteiger partial charge in [0.1, 0.15) is 22.6 Å². The number of oxime groups is 1. The molecule has 1 aliphatic heterocycles. The summed E-state index contributed by atoms with van der Waals surface area (Å²) in [4.78, 5) is 10.1. The van der Waals surface area contributed by atoms with Crippen LogP contribution in [0.15, 0.2) is 95.1 Å². The number of nitrogens with zero attached hydrogens (tertiary/aromatic N) is 3. The first kappa shape index (κ1) is 23.9. The van der Waals surface area contributed by atoms with Crippen molar-refractivity contribution in [1.29, 1.82) is 0 Å². The standard InChI is InChI=1S/C27H24FN3O4S/c1-34-25-9-3-2-8-23(25)24-16-22(35-30-24)18-31(17-19-11-13-21(28)14-12-19)36(32,33)26-10-4-6-20-7-5-15-29-27(20)26/h2-15,22H,16-18H2,1H3/t22-/m1/s1. The van der Waals surface area contributed by atoms with Gasteiger partial charge in [-0.3, -0.25) is 4.98 Å². The number of hydrogen-bond acceptors (Lipinski definition) is 6. The molecule has 0 N–H and O–H groups in total. The number of rotatable bonds is 8. The van der Waals surface area contributed by atoms with E-state index in [0.29, 0.717) is 29.0 Å². The quantitative estimate of drug-likeness (QED) is 0.345. The van der Waals surface area contributed by atoms with Crippen LogP contribution in [0.3, 0.4) is 0 Å². The average molecular weight is 506 g/mol. The molecule has 0 spiro atoms. The van der Waals surface area contributed by atoms with Crippen LogP contribution in [0.2, 0.25) is 0 Å². The van der Waals surface area contributed by atoms with E-state index in [9.17, 15) is 12.8 Å². The van der Waals surface area contributed by atoms with Gasteiger partial charge in [0.25, 0.3) is 0 Å². The second-order valence-electron chi connectivity index (χ2n) is 8.43. The maximum absolute atomic E-state index is 14.0. The van der Waals surface area contributed by atoms with Crippen LogP contribution in [0, 0.1) is 5.82 Å². The number of fused-ring (bicyclic) bond motifs is 1. The van der Waals surface area contributed by atoms with Crippen molar-refractivity contribution in [1.82, 2.24) is 9.29 Å². The Bertz CT molecular complexity index is 1520. The number of hydrogen-bond donors (Lipinski definition) is 0. The lowest BCUT2D eigenvalue weighted by Gasteiger charge is -2.25. The summed E-state index contributed by atoms with van der Waals surface area (Å²) in [6.45, 7) is 0.0841. The summed E-state index contributed by atoms with van der Waals surface area (Å²) in [5, 5.41) is 4.95. The number of methoxy groups -OCH3 is 1. The van der Waals surface area contributed by atoms with Crippen molar-refractivity contribution in [2.45, 2.75) is 24.0 Å². The molecule has 5 rings (SSSR count). The van der Waals surface area contributed by atoms with Gasteiger partial charge >= 0.3 is 0 Å². The van der Waals surface area contributed by atoms with Gasteiger partial charge in [-0.15, -0.1) is 0 Å². The number of ether oxygens (including phenoxy) is 1. The Morgan fingerprint density at radius 2 is 1.81 bits per heavy atom. The molecule has 4 aromatic rings. The van der Waals surface area contributed by atoms with Crippen molar-refractivity contribution < 1.29 is 22.4 Å². The molecule has 0 radical (unpaired) electrons. The van der Waals surface area contributed by atoms with E-state index < -0.39 is 16.1 Å². The fourth-order valence-electron chi connectivity index (χ4n) is 4.26. The van der Waals surface area contributed by atoms with Crippen molar-refractivity contribution in [3.63, 3.8) is 0 Å². The number of aromatic nitrogens is 1. The van der Waals surface area contributed by atoms with Gasteiger partial charge in [-0.25, -0.2) is 12.8 Å². The van der Waals surface area contributed by atoms with Gasteiger partial charge in [-0.1, -0.05) is 47.6 Å². The van der Waals surface area contributed by atoms with E-state index in [2.05, 4.69) is 10.1 Å². The van der Waals surface area contributed by atoms with Gasteiger partial charge < -0.3 is 9.57 Å². The molecule has 0 bridgehead atoms. The van der Waals surface area contributed by atoms with Crippen LogP contribution in [0.1, 0.15) is 17.5 Å². The minimum Gasteiger partial charge on any atom is -0.496 e. The van der Waals surface area contributed by atoms with Crippen molar-refractivity contribution >= 4 is 26.6 Å². The molecule has 3 aromatic carbocycles. The van der Waals surface area contributed by atoms with Crippen LogP contribution in [0.25, 0.3) is 10.9 Å². The van der Waals surface area contributed by atoms with Crippen molar-refractivity contribution in [2.75, 3.05) is 13.7 Å². The molecule has 0 saturated heterocycles. The summed E-state index contributed by atoms with van der Waals surface area (Å²) in [5.41, 5.74) is 2.52. The molecule has 0 amide bonds. The molecule has 1 atom stereocenters. The summed E-state index contributed by atoms with van der Waals surface area (Å²) in [6.07, 6.45) is 1.46. The normalized spacial score (nSPS) is 15.6. The summed E-state index contributed by atoms with van der Waals surface area (Å²) >= 11 is 0. The number of halogens is 1. The molecule has 184 valence electrons. The van der Waals surface area contributed by atoms with Gasteiger partial charge in [-0.05, 0) is 42.0 Å². The molecule has 0 aliphatic carbocycles. The van der Waals surface area contributed by atoms with Crippen LogP contribution in [0.5, 0.6) is 5.75 Å². The second-order valence-corrected chi connectivity index (χ2v) is 10.3. The molecule has 9 heteroatoms. The van der Waals surface area contributed by atoms with E-state index in [4.69, 9.17) is 9.57 Å². The zero-order chi connectivity index (χ0) is 25.1. The van der Waals surface area contributed by atoms with E-state index >= 15 is 0 Å². The average Bonchev–Trinajstić information content (AvgIpc) is 3.37. The monoisotopic (exact) mass is 505 g/mol. The molecule has 36 heavy (non-hydrogen) atoms. The molecule has 0 fully saturated rings. The molecular formula is C27H24FN3O4S. The first-order valence-electron chi connectivity index (χ1n) is 11.4. The SMILES string of the molecule is COc1ccccc1C1=NO[C@@H](CN(Cc2ccc(F)cc2)S(=O)(=O)c2cccc3cccnc23)C1. The van der Waals surface area contributed by atoms with Crippen LogP contribution in [-0.2, 0) is 21.4 Å². The lowest BCUT2D eigenvalue weighted by atomic mass is 10.0. The highest BCUT2D eigenvalue weighted by Crippen LogP contribution is 2.29. The molecule has 1 aliphatic rings. The van der Waals surface area contributed by atoms with Crippen LogP contribution in [0.4, 0.5) is 4.39 Å². The van der Waals surface area contributed by atoms with Crippen LogP contribution in [-0.4, -0.2) is 43.2 Å². The molecule has 1 aromatic heterocycles. The van der Waals surface area contributed by atoms with Crippen LogP contribution < -0.4 is 4.74 Å². The zero-order valence-corrected chi connectivity index (χ0v) is 20.4. The molecule has 0 saturated carbocycles. The Morgan fingerprint density at radius 3 is 2.61 bits per heavy atom. The third-order valence-electron chi connectivity index (χ3n) is 6.04. The first-order chi connectivity index (χ1) is 17.5. The topological polar surface area (TPSA) is 81.1 Å². The first-order valence-corrected chi connectivity index (χ1v) is 12.8. The van der Waals surface area contributed by atoms with E-state index in [1.54, 1.807) is 43.6 Å². The fraction of sp³-hybridized carbons (Fsp3) is 0.185. The Labute approximate surface area is 208 Å². The fourth-order valence-corrected chi connectivity index (χ4v) is 5.89. The lowest BCUT2D eigenvalue weighted by molar-refractivity contribution is 0.0694. The summed E-state index contributed by atoms with van der Waals surface area (Å²) in [5.74, 6) is 0.276. The highest BCUT2D eigenvalue weighted by atomic mass is 32.2. The number of sulfonamides is 1. The van der Waals surface area contributed by atoms with Crippen molar-refractivity contribution in [3.05, 3.63) is 102 Å². The maximum atomic E-state index is 14.0. The van der Waals surface area contributed by atoms with Gasteiger partial charge in [0.05, 0.1) is 24.9 Å². The number of benzene rings is 3. The summed E-state index contributed by atoms with van der Waals surface area (Å²) in [7, 11) is -2.41. The van der Waals surface area contributed by atoms with Crippen molar-refractivity contribution in [3.8, 4) is 5.75 Å². The number of pyridine rings is 1. The van der Waals surface area contributed by atoms with Gasteiger partial charge in [0.2, 0.25) is 10.0 Å². The predicted octanol–water partition coefficient (Wildman–Crippen LogP) is 4.77. The molecular weight excluding hydrogens is 481 g/mol. The maximum Gasteiger partial charge on any atom is 0.245 e. The van der Waals surface area contributed by atoms with E-state index in [1.165, 1.54) is 16.4 Å². The van der Waals surface area contributed by atoms with Crippen LogP contribution >= 0.6 is 0 Å². The zero-order valence-electron chi connectivity index (χ0n) is 19.5. The Morgan fingerprint density at radius 1 is 1.03 bits per heavy atom. The minimum absolute atomic E-state index is 0.0374. The third-order valence-corrected chi connectivity index (χ3v) is 7.89. The lowest BCUT2D eigenvalue weighted by Crippen LogP contribution is -2.37. The van der Waals surface area contributed by atoms with Gasteiger partial charge in [-0.2, -0.15) is 4.31 Å². The summed E-state index contributed by atoms with van der Waals surface area (Å²) in [6, 6.07) is 21.9. The highest BCUT2D eigenvalue weighted by molar-refractivity contribution is 7.89. The van der Waals surface area contributed by atoms with E-state index in [1.807, 2.05) is 36.4 Å². The Hall–Kier alpha value is -3.82. The largest absolute Gasteiger partial charge is 0.496 e. The number of para-hydroxylation sites is 2. The predicted molar refractivity (Wildman–Crippen MR) is 135 cm³/mol. The molecule has 7 nitrogen and oxygen atoms in total. The summed E-state index contributed by atoms with van der Waals surface area (Å²) < 4.78 is 48.2. The van der Waals surface area contributed by atoms with E-state index in [0.717, 1.165) is 10.9 Å².